The van der Waals surface area contributed by atoms with E-state index in [2.05, 4.69) is 15.3 Å². The summed E-state index contributed by atoms with van der Waals surface area (Å²) in [5, 5.41) is 3.44. The lowest BCUT2D eigenvalue weighted by Gasteiger charge is -2.31. The van der Waals surface area contributed by atoms with Crippen molar-refractivity contribution < 1.29 is 4.79 Å². The predicted molar refractivity (Wildman–Crippen MR) is 77.4 cm³/mol. The number of hydrogen-bond acceptors (Lipinski definition) is 5. The molecule has 1 saturated carbocycles. The molecule has 1 aromatic heterocycles. The van der Waals surface area contributed by atoms with E-state index in [1.165, 1.54) is 0 Å². The summed E-state index contributed by atoms with van der Waals surface area (Å²) in [6, 6.07) is 0.234. The van der Waals surface area contributed by atoms with Gasteiger partial charge in [-0.15, -0.1) is 0 Å². The minimum absolute atomic E-state index is 0.209. The van der Waals surface area contributed by atoms with Crippen molar-refractivity contribution in [3.63, 3.8) is 0 Å². The van der Waals surface area contributed by atoms with Crippen molar-refractivity contribution in [1.29, 1.82) is 0 Å². The van der Waals surface area contributed by atoms with Crippen molar-refractivity contribution in [1.82, 2.24) is 14.9 Å². The number of nitrogens with two attached hydrogens (primary N) is 1. The molecule has 0 spiro atoms. The molecule has 1 aliphatic carbocycles. The second kappa shape index (κ2) is 4.92. The second-order valence-corrected chi connectivity index (χ2v) is 5.87. The van der Waals surface area contributed by atoms with Crippen molar-refractivity contribution in [3.8, 4) is 0 Å². The topological polar surface area (TPSA) is 84.1 Å². The molecule has 6 heteroatoms. The van der Waals surface area contributed by atoms with Crippen LogP contribution in [0.4, 0.5) is 11.6 Å². The first kappa shape index (κ1) is 13.1. The highest BCUT2D eigenvalue weighted by molar-refractivity contribution is 5.77. The first-order chi connectivity index (χ1) is 9.54. The second-order valence-electron chi connectivity index (χ2n) is 5.87. The van der Waals surface area contributed by atoms with Gasteiger partial charge in [0, 0.05) is 37.5 Å². The number of carbonyl (C=O) groups is 1. The molecule has 0 bridgehead atoms. The zero-order chi connectivity index (χ0) is 14.3. The van der Waals surface area contributed by atoms with Crippen LogP contribution in [0.25, 0.3) is 0 Å². The molecule has 1 aromatic rings. The van der Waals surface area contributed by atoms with Crippen molar-refractivity contribution in [2.75, 3.05) is 24.6 Å². The average Bonchev–Trinajstić information content (AvgIpc) is 3.23. The van der Waals surface area contributed by atoms with Crippen LogP contribution in [0.2, 0.25) is 0 Å². The Kier molecular flexibility index (Phi) is 3.23. The molecule has 1 amide bonds. The number of rotatable bonds is 3. The van der Waals surface area contributed by atoms with Gasteiger partial charge in [-0.1, -0.05) is 0 Å². The van der Waals surface area contributed by atoms with E-state index >= 15 is 0 Å². The maximum Gasteiger partial charge on any atom is 0.222 e. The molecule has 1 saturated heterocycles. The SMILES string of the molecule is Cc1c(N)nc(C2CC2)nc1NC1CCC(=O)N(C)C1. The Morgan fingerprint density at radius 1 is 1.30 bits per heavy atom. The standard InChI is InChI=1S/C14H21N5O/c1-8-12(15)17-14(9-3-4-9)18-13(8)16-10-5-6-11(20)19(2)7-10/h9-10H,3-7H2,1-2H3,(H3,15,16,17,18). The molecule has 2 fully saturated rings. The molecule has 2 heterocycles. The number of aromatic nitrogens is 2. The van der Waals surface area contributed by atoms with E-state index in [4.69, 9.17) is 5.73 Å². The Labute approximate surface area is 118 Å². The van der Waals surface area contributed by atoms with E-state index in [0.717, 1.165) is 36.5 Å². The summed E-state index contributed by atoms with van der Waals surface area (Å²) in [7, 11) is 1.84. The van der Waals surface area contributed by atoms with Crippen LogP contribution in [0.1, 0.15) is 43.0 Å². The minimum Gasteiger partial charge on any atom is -0.383 e. The molecular weight excluding hydrogens is 254 g/mol. The molecule has 1 aliphatic heterocycles. The summed E-state index contributed by atoms with van der Waals surface area (Å²) in [6.45, 7) is 2.65. The van der Waals surface area contributed by atoms with Crippen molar-refractivity contribution >= 4 is 17.5 Å². The molecule has 1 atom stereocenters. The van der Waals surface area contributed by atoms with Gasteiger partial charge in [0.2, 0.25) is 5.91 Å². The summed E-state index contributed by atoms with van der Waals surface area (Å²) in [6.07, 6.45) is 3.74. The molecule has 20 heavy (non-hydrogen) atoms. The first-order valence-corrected chi connectivity index (χ1v) is 7.19. The summed E-state index contributed by atoms with van der Waals surface area (Å²) < 4.78 is 0. The van der Waals surface area contributed by atoms with E-state index < -0.39 is 0 Å². The van der Waals surface area contributed by atoms with Gasteiger partial charge in [0.1, 0.15) is 17.5 Å². The maximum atomic E-state index is 11.5. The van der Waals surface area contributed by atoms with Crippen LogP contribution in [0.3, 0.4) is 0 Å². The summed E-state index contributed by atoms with van der Waals surface area (Å²) in [5.74, 6) is 2.93. The molecule has 108 valence electrons. The predicted octanol–water partition coefficient (Wildman–Crippen LogP) is 1.28. The van der Waals surface area contributed by atoms with E-state index in [-0.39, 0.29) is 11.9 Å². The monoisotopic (exact) mass is 275 g/mol. The van der Waals surface area contributed by atoms with Crippen LogP contribution in [0.15, 0.2) is 0 Å². The zero-order valence-corrected chi connectivity index (χ0v) is 12.0. The van der Waals surface area contributed by atoms with Gasteiger partial charge in [0.05, 0.1) is 0 Å². The number of anilines is 2. The lowest BCUT2D eigenvalue weighted by atomic mass is 10.1. The van der Waals surface area contributed by atoms with Crippen LogP contribution >= 0.6 is 0 Å². The maximum absolute atomic E-state index is 11.5. The largest absolute Gasteiger partial charge is 0.383 e. The van der Waals surface area contributed by atoms with Crippen molar-refractivity contribution in [2.45, 2.75) is 44.6 Å². The number of hydrogen-bond donors (Lipinski definition) is 2. The van der Waals surface area contributed by atoms with Crippen LogP contribution in [-0.4, -0.2) is 40.4 Å². The third kappa shape index (κ3) is 2.55. The fourth-order valence-corrected chi connectivity index (χ4v) is 2.54. The van der Waals surface area contributed by atoms with Gasteiger partial charge in [0.25, 0.3) is 0 Å². The molecule has 0 aromatic carbocycles. The lowest BCUT2D eigenvalue weighted by Crippen LogP contribution is -2.43. The number of piperidine rings is 1. The Morgan fingerprint density at radius 2 is 2.05 bits per heavy atom. The van der Waals surface area contributed by atoms with Gasteiger partial charge in [0.15, 0.2) is 0 Å². The zero-order valence-electron chi connectivity index (χ0n) is 12.0. The molecule has 0 radical (unpaired) electrons. The number of carbonyl (C=O) groups excluding carboxylic acids is 1. The fraction of sp³-hybridized carbons (Fsp3) is 0.643. The highest BCUT2D eigenvalue weighted by Gasteiger charge is 2.29. The highest BCUT2D eigenvalue weighted by atomic mass is 16.2. The molecule has 2 aliphatic rings. The van der Waals surface area contributed by atoms with E-state index in [9.17, 15) is 4.79 Å². The number of nitrogen functional groups attached to an aromatic ring is 1. The highest BCUT2D eigenvalue weighted by Crippen LogP contribution is 2.39. The molecule has 3 N–H and O–H groups in total. The van der Waals surface area contributed by atoms with Gasteiger partial charge in [-0.2, -0.15) is 0 Å². The van der Waals surface area contributed by atoms with Gasteiger partial charge in [-0.05, 0) is 26.2 Å². The Hall–Kier alpha value is -1.85. The number of amides is 1. The number of likely N-dealkylation sites (N-methyl/N-ethyl adjacent to an activating group) is 1. The number of nitrogens with one attached hydrogen (secondary N) is 1. The van der Waals surface area contributed by atoms with Crippen molar-refractivity contribution in [3.05, 3.63) is 11.4 Å². The normalized spacial score (nSPS) is 23.0. The van der Waals surface area contributed by atoms with Gasteiger partial charge >= 0.3 is 0 Å². The minimum atomic E-state index is 0.209. The first-order valence-electron chi connectivity index (χ1n) is 7.19. The smallest absolute Gasteiger partial charge is 0.222 e. The quantitative estimate of drug-likeness (QED) is 0.868. The summed E-state index contributed by atoms with van der Waals surface area (Å²) in [5.41, 5.74) is 6.88. The van der Waals surface area contributed by atoms with Crippen LogP contribution in [0.5, 0.6) is 0 Å². The van der Waals surface area contributed by atoms with Crippen LogP contribution in [-0.2, 0) is 4.79 Å². The van der Waals surface area contributed by atoms with Gasteiger partial charge in [-0.3, -0.25) is 4.79 Å². The molecule has 3 rings (SSSR count). The lowest BCUT2D eigenvalue weighted by molar-refractivity contribution is -0.132. The van der Waals surface area contributed by atoms with E-state index in [1.807, 2.05) is 14.0 Å². The van der Waals surface area contributed by atoms with Gasteiger partial charge in [-0.25, -0.2) is 9.97 Å². The third-order valence-corrected chi connectivity index (χ3v) is 4.11. The van der Waals surface area contributed by atoms with Gasteiger partial charge < -0.3 is 16.0 Å². The molecule has 6 nitrogen and oxygen atoms in total. The number of nitrogens with zero attached hydrogens (tertiary/aromatic N) is 3. The summed E-state index contributed by atoms with van der Waals surface area (Å²) >= 11 is 0. The summed E-state index contributed by atoms with van der Waals surface area (Å²) in [4.78, 5) is 22.3. The van der Waals surface area contributed by atoms with Crippen LogP contribution < -0.4 is 11.1 Å². The Balaban J connectivity index is 1.78. The molecule has 1 unspecified atom stereocenters. The third-order valence-electron chi connectivity index (χ3n) is 4.11. The van der Waals surface area contributed by atoms with E-state index in [0.29, 0.717) is 24.7 Å². The Bertz CT molecular complexity index is 541. The van der Waals surface area contributed by atoms with E-state index in [1.54, 1.807) is 4.90 Å². The van der Waals surface area contributed by atoms with Crippen molar-refractivity contribution in [2.24, 2.45) is 0 Å². The molecular formula is C14H21N5O. The number of likely N-dealkylation sites (tertiary alicyclic amines) is 1. The Morgan fingerprint density at radius 3 is 2.70 bits per heavy atom. The van der Waals surface area contributed by atoms with Crippen LogP contribution in [0, 0.1) is 6.92 Å². The fourth-order valence-electron chi connectivity index (χ4n) is 2.54. The average molecular weight is 275 g/mol.